The SMILES string of the molecule is CCCn1cc(-c2nccnc2C[C@@H]2CCCNC2)cn1. The van der Waals surface area contributed by atoms with Crippen molar-refractivity contribution in [1.29, 1.82) is 0 Å². The highest BCUT2D eigenvalue weighted by molar-refractivity contribution is 5.59. The van der Waals surface area contributed by atoms with Gasteiger partial charge in [-0.15, -0.1) is 0 Å². The molecule has 1 aliphatic heterocycles. The lowest BCUT2D eigenvalue weighted by atomic mass is 9.93. The Hall–Kier alpha value is -1.75. The molecule has 112 valence electrons. The quantitative estimate of drug-likeness (QED) is 0.916. The first-order valence-electron chi connectivity index (χ1n) is 7.90. The molecule has 0 radical (unpaired) electrons. The molecule has 21 heavy (non-hydrogen) atoms. The number of nitrogens with zero attached hydrogens (tertiary/aromatic N) is 4. The Balaban J connectivity index is 1.80. The number of aromatic nitrogens is 4. The van der Waals surface area contributed by atoms with Crippen molar-refractivity contribution in [2.45, 2.75) is 39.2 Å². The van der Waals surface area contributed by atoms with E-state index in [1.54, 1.807) is 12.4 Å². The van der Waals surface area contributed by atoms with Gasteiger partial charge in [0.2, 0.25) is 0 Å². The predicted molar refractivity (Wildman–Crippen MR) is 82.8 cm³/mol. The van der Waals surface area contributed by atoms with E-state index in [2.05, 4.69) is 33.5 Å². The number of aryl methyl sites for hydroxylation is 1. The van der Waals surface area contributed by atoms with E-state index in [-0.39, 0.29) is 0 Å². The minimum absolute atomic E-state index is 0.667. The topological polar surface area (TPSA) is 55.6 Å². The molecule has 3 heterocycles. The Kier molecular flexibility index (Phi) is 4.60. The molecule has 3 rings (SSSR count). The highest BCUT2D eigenvalue weighted by Crippen LogP contribution is 2.23. The van der Waals surface area contributed by atoms with Crippen molar-refractivity contribution >= 4 is 0 Å². The van der Waals surface area contributed by atoms with Crippen LogP contribution >= 0.6 is 0 Å². The van der Waals surface area contributed by atoms with Crippen LogP contribution in [0.1, 0.15) is 31.9 Å². The first kappa shape index (κ1) is 14.2. The third kappa shape index (κ3) is 3.47. The largest absolute Gasteiger partial charge is 0.316 e. The van der Waals surface area contributed by atoms with Gasteiger partial charge < -0.3 is 5.32 Å². The molecule has 2 aromatic rings. The second-order valence-corrected chi connectivity index (χ2v) is 5.76. The summed E-state index contributed by atoms with van der Waals surface area (Å²) in [6, 6.07) is 0. The maximum Gasteiger partial charge on any atom is 0.0948 e. The second kappa shape index (κ2) is 6.80. The van der Waals surface area contributed by atoms with E-state index in [0.717, 1.165) is 49.4 Å². The van der Waals surface area contributed by atoms with E-state index in [4.69, 9.17) is 0 Å². The average Bonchev–Trinajstić information content (AvgIpc) is 2.98. The maximum absolute atomic E-state index is 4.58. The molecule has 5 nitrogen and oxygen atoms in total. The molecule has 0 aliphatic carbocycles. The number of rotatable bonds is 5. The van der Waals surface area contributed by atoms with Crippen LogP contribution in [0.5, 0.6) is 0 Å². The molecule has 1 N–H and O–H groups in total. The summed E-state index contributed by atoms with van der Waals surface area (Å²) in [5.74, 6) is 0.667. The molecule has 1 aliphatic rings. The van der Waals surface area contributed by atoms with Gasteiger partial charge in [0.1, 0.15) is 0 Å². The maximum atomic E-state index is 4.58. The summed E-state index contributed by atoms with van der Waals surface area (Å²) < 4.78 is 1.98. The molecule has 2 aromatic heterocycles. The molecule has 1 fully saturated rings. The monoisotopic (exact) mass is 285 g/mol. The normalized spacial score (nSPS) is 18.8. The summed E-state index contributed by atoms with van der Waals surface area (Å²) in [7, 11) is 0. The van der Waals surface area contributed by atoms with E-state index in [1.807, 2.05) is 10.9 Å². The summed E-state index contributed by atoms with van der Waals surface area (Å²) in [6.07, 6.45) is 12.2. The number of nitrogens with one attached hydrogen (secondary N) is 1. The van der Waals surface area contributed by atoms with Gasteiger partial charge in [0.05, 0.1) is 17.6 Å². The first-order chi connectivity index (χ1) is 10.4. The smallest absolute Gasteiger partial charge is 0.0948 e. The van der Waals surface area contributed by atoms with Crippen molar-refractivity contribution < 1.29 is 0 Å². The fourth-order valence-corrected chi connectivity index (χ4v) is 2.97. The van der Waals surface area contributed by atoms with Gasteiger partial charge in [-0.1, -0.05) is 6.92 Å². The molecular weight excluding hydrogens is 262 g/mol. The van der Waals surface area contributed by atoms with Crippen LogP contribution < -0.4 is 5.32 Å². The fourth-order valence-electron chi connectivity index (χ4n) is 2.97. The molecule has 0 unspecified atom stereocenters. The lowest BCUT2D eigenvalue weighted by Crippen LogP contribution is -2.31. The standard InChI is InChI=1S/C16H23N5/c1-2-8-21-12-14(11-20-21)16-15(18-6-7-19-16)9-13-4-3-5-17-10-13/h6-7,11-13,17H,2-5,8-10H2,1H3/t13-/m0/s1. The van der Waals surface area contributed by atoms with Crippen molar-refractivity contribution in [2.24, 2.45) is 5.92 Å². The van der Waals surface area contributed by atoms with Gasteiger partial charge in [0.15, 0.2) is 0 Å². The van der Waals surface area contributed by atoms with Crippen LogP contribution in [0.4, 0.5) is 0 Å². The predicted octanol–water partition coefficient (Wildman–Crippen LogP) is 2.29. The summed E-state index contributed by atoms with van der Waals surface area (Å²) in [6.45, 7) is 5.34. The van der Waals surface area contributed by atoms with Crippen LogP contribution in [0.2, 0.25) is 0 Å². The van der Waals surface area contributed by atoms with Gasteiger partial charge in [-0.3, -0.25) is 14.6 Å². The van der Waals surface area contributed by atoms with Crippen molar-refractivity contribution in [1.82, 2.24) is 25.1 Å². The molecule has 1 saturated heterocycles. The van der Waals surface area contributed by atoms with Crippen LogP contribution in [0.25, 0.3) is 11.3 Å². The average molecular weight is 285 g/mol. The van der Waals surface area contributed by atoms with Crippen LogP contribution in [-0.2, 0) is 13.0 Å². The van der Waals surface area contributed by atoms with Gasteiger partial charge in [0.25, 0.3) is 0 Å². The zero-order valence-electron chi connectivity index (χ0n) is 12.6. The highest BCUT2D eigenvalue weighted by Gasteiger charge is 2.18. The van der Waals surface area contributed by atoms with Gasteiger partial charge in [0, 0.05) is 30.7 Å². The minimum Gasteiger partial charge on any atom is -0.316 e. The van der Waals surface area contributed by atoms with E-state index in [9.17, 15) is 0 Å². The molecule has 0 bridgehead atoms. The number of hydrogen-bond acceptors (Lipinski definition) is 4. The van der Waals surface area contributed by atoms with Crippen LogP contribution in [0, 0.1) is 5.92 Å². The molecule has 0 amide bonds. The van der Waals surface area contributed by atoms with Crippen molar-refractivity contribution in [3.63, 3.8) is 0 Å². The van der Waals surface area contributed by atoms with Crippen molar-refractivity contribution in [2.75, 3.05) is 13.1 Å². The Labute approximate surface area is 125 Å². The minimum atomic E-state index is 0.667. The van der Waals surface area contributed by atoms with Crippen molar-refractivity contribution in [3.8, 4) is 11.3 Å². The summed E-state index contributed by atoms with van der Waals surface area (Å²) in [5, 5.41) is 7.88. The third-order valence-corrected chi connectivity index (χ3v) is 4.01. The molecule has 1 atom stereocenters. The molecule has 0 aromatic carbocycles. The van der Waals surface area contributed by atoms with Gasteiger partial charge >= 0.3 is 0 Å². The second-order valence-electron chi connectivity index (χ2n) is 5.76. The molecule has 5 heteroatoms. The molecule has 0 saturated carbocycles. The van der Waals surface area contributed by atoms with Crippen LogP contribution in [0.3, 0.4) is 0 Å². The van der Waals surface area contributed by atoms with E-state index < -0.39 is 0 Å². The molecule has 0 spiro atoms. The van der Waals surface area contributed by atoms with E-state index in [1.165, 1.54) is 12.8 Å². The van der Waals surface area contributed by atoms with Gasteiger partial charge in [-0.25, -0.2) is 0 Å². The van der Waals surface area contributed by atoms with E-state index in [0.29, 0.717) is 5.92 Å². The third-order valence-electron chi connectivity index (χ3n) is 4.01. The highest BCUT2D eigenvalue weighted by atomic mass is 15.3. The van der Waals surface area contributed by atoms with Crippen LogP contribution in [-0.4, -0.2) is 32.8 Å². The zero-order valence-corrected chi connectivity index (χ0v) is 12.6. The summed E-state index contributed by atoms with van der Waals surface area (Å²) in [5.41, 5.74) is 3.17. The molecular formula is C16H23N5. The van der Waals surface area contributed by atoms with Crippen molar-refractivity contribution in [3.05, 3.63) is 30.5 Å². The summed E-state index contributed by atoms with van der Waals surface area (Å²) >= 11 is 0. The van der Waals surface area contributed by atoms with Gasteiger partial charge in [-0.05, 0) is 44.7 Å². The number of piperidine rings is 1. The number of hydrogen-bond donors (Lipinski definition) is 1. The van der Waals surface area contributed by atoms with E-state index >= 15 is 0 Å². The lowest BCUT2D eigenvalue weighted by Gasteiger charge is -2.22. The zero-order chi connectivity index (χ0) is 14.5. The Bertz CT molecular complexity index is 572. The lowest BCUT2D eigenvalue weighted by molar-refractivity contribution is 0.373. The Morgan fingerprint density at radius 1 is 1.33 bits per heavy atom. The first-order valence-corrected chi connectivity index (χ1v) is 7.90. The summed E-state index contributed by atoms with van der Waals surface area (Å²) in [4.78, 5) is 9.13. The fraction of sp³-hybridized carbons (Fsp3) is 0.562. The Morgan fingerprint density at radius 2 is 2.24 bits per heavy atom. The Morgan fingerprint density at radius 3 is 3.05 bits per heavy atom. The van der Waals surface area contributed by atoms with Crippen LogP contribution in [0.15, 0.2) is 24.8 Å². The van der Waals surface area contributed by atoms with Gasteiger partial charge in [-0.2, -0.15) is 5.10 Å².